The Morgan fingerprint density at radius 2 is 1.91 bits per heavy atom. The fourth-order valence-electron chi connectivity index (χ4n) is 1.97. The number of hydrogen-bond acceptors (Lipinski definition) is 4. The molecule has 2 aromatic carbocycles. The van der Waals surface area contributed by atoms with Crippen LogP contribution in [0.15, 0.2) is 52.6 Å². The van der Waals surface area contributed by atoms with E-state index >= 15 is 0 Å². The predicted octanol–water partition coefficient (Wildman–Crippen LogP) is 4.73. The van der Waals surface area contributed by atoms with Gasteiger partial charge in [0.2, 0.25) is 0 Å². The lowest BCUT2D eigenvalue weighted by atomic mass is 10.1. The molecule has 7 heteroatoms. The third-order valence-corrected chi connectivity index (χ3v) is 4.80. The molecule has 0 aromatic heterocycles. The second kappa shape index (κ2) is 7.25. The van der Waals surface area contributed by atoms with E-state index in [-0.39, 0.29) is 0 Å². The monoisotopic (exact) mass is 365 g/mol. The number of halogens is 2. The third-order valence-electron chi connectivity index (χ3n) is 3.19. The van der Waals surface area contributed by atoms with Crippen LogP contribution >= 0.6 is 35.0 Å². The van der Waals surface area contributed by atoms with Gasteiger partial charge in [0.1, 0.15) is 5.75 Å². The van der Waals surface area contributed by atoms with Crippen molar-refractivity contribution in [1.82, 2.24) is 5.43 Å². The van der Waals surface area contributed by atoms with E-state index in [1.54, 1.807) is 24.9 Å². The van der Waals surface area contributed by atoms with E-state index in [0.717, 1.165) is 27.9 Å². The Kier molecular flexibility index (Phi) is 5.10. The highest BCUT2D eigenvalue weighted by molar-refractivity contribution is 8.14. The molecule has 0 amide bonds. The second-order valence-electron chi connectivity index (χ2n) is 4.70. The molecule has 118 valence electrons. The van der Waals surface area contributed by atoms with Crippen molar-refractivity contribution in [2.24, 2.45) is 10.1 Å². The van der Waals surface area contributed by atoms with Crippen LogP contribution in [0.2, 0.25) is 10.0 Å². The fourth-order valence-corrected chi connectivity index (χ4v) is 3.05. The number of nitrogens with one attached hydrogen (secondary N) is 1. The number of thioether (sulfide) groups is 1. The number of nitrogens with zero attached hydrogens (tertiary/aromatic N) is 2. The van der Waals surface area contributed by atoms with Crippen LogP contribution < -0.4 is 10.2 Å². The smallest absolute Gasteiger partial charge is 0.182 e. The minimum Gasteiger partial charge on any atom is -0.497 e. The van der Waals surface area contributed by atoms with Gasteiger partial charge in [-0.15, -0.1) is 0 Å². The minimum atomic E-state index is 0.523. The molecule has 0 bridgehead atoms. The number of hydrazone groups is 1. The molecule has 0 aliphatic carbocycles. The predicted molar refractivity (Wildman–Crippen MR) is 98.7 cm³/mol. The zero-order chi connectivity index (χ0) is 16.2. The van der Waals surface area contributed by atoms with Crippen molar-refractivity contribution < 1.29 is 4.74 Å². The van der Waals surface area contributed by atoms with Crippen molar-refractivity contribution in [3.63, 3.8) is 0 Å². The van der Waals surface area contributed by atoms with Gasteiger partial charge in [-0.1, -0.05) is 41.0 Å². The van der Waals surface area contributed by atoms with Crippen molar-refractivity contribution in [3.8, 4) is 5.75 Å². The molecule has 0 saturated carbocycles. The van der Waals surface area contributed by atoms with E-state index in [1.165, 1.54) is 0 Å². The summed E-state index contributed by atoms with van der Waals surface area (Å²) in [5, 5.41) is 6.18. The van der Waals surface area contributed by atoms with Gasteiger partial charge >= 0.3 is 0 Å². The molecule has 2 aromatic rings. The van der Waals surface area contributed by atoms with Crippen molar-refractivity contribution >= 4 is 51.5 Å². The summed E-state index contributed by atoms with van der Waals surface area (Å²) in [6, 6.07) is 13.0. The molecular weight excluding hydrogens is 353 g/mol. The highest BCUT2D eigenvalue weighted by atomic mass is 35.5. The molecule has 0 saturated heterocycles. The van der Waals surface area contributed by atoms with Crippen molar-refractivity contribution in [2.75, 3.05) is 12.9 Å². The first-order valence-electron chi connectivity index (χ1n) is 6.79. The molecule has 23 heavy (non-hydrogen) atoms. The third kappa shape index (κ3) is 3.99. The summed E-state index contributed by atoms with van der Waals surface area (Å²) in [6.45, 7) is 0. The number of amidine groups is 1. The molecule has 0 spiro atoms. The maximum Gasteiger partial charge on any atom is 0.182 e. The maximum atomic E-state index is 6.05. The number of ether oxygens (including phenoxy) is 1. The van der Waals surface area contributed by atoms with Crippen LogP contribution in [0.25, 0.3) is 0 Å². The van der Waals surface area contributed by atoms with Gasteiger partial charge in [0.15, 0.2) is 5.17 Å². The van der Waals surface area contributed by atoms with Gasteiger partial charge in [-0.3, -0.25) is 5.43 Å². The van der Waals surface area contributed by atoms with Crippen LogP contribution in [0, 0.1) is 0 Å². The van der Waals surface area contributed by atoms with Crippen molar-refractivity contribution in [3.05, 3.63) is 58.1 Å². The number of hydrogen-bond donors (Lipinski definition) is 1. The van der Waals surface area contributed by atoms with Gasteiger partial charge in [0.05, 0.1) is 28.6 Å². The van der Waals surface area contributed by atoms with Crippen molar-refractivity contribution in [2.45, 2.75) is 0 Å². The molecule has 0 radical (unpaired) electrons. The van der Waals surface area contributed by atoms with Gasteiger partial charge in [0, 0.05) is 11.3 Å². The van der Waals surface area contributed by atoms with Gasteiger partial charge in [-0.25, -0.2) is 4.99 Å². The SMILES string of the molecule is COc1ccc(N=C2NN=C(c3ccc(Cl)c(Cl)c3)CS2)cc1. The van der Waals surface area contributed by atoms with Crippen LogP contribution in [0.1, 0.15) is 5.56 Å². The molecule has 0 atom stereocenters. The number of benzene rings is 2. The molecule has 4 nitrogen and oxygen atoms in total. The summed E-state index contributed by atoms with van der Waals surface area (Å²) < 4.78 is 5.13. The van der Waals surface area contributed by atoms with E-state index in [2.05, 4.69) is 15.5 Å². The lowest BCUT2D eigenvalue weighted by molar-refractivity contribution is 0.415. The van der Waals surface area contributed by atoms with Crippen LogP contribution in [-0.4, -0.2) is 23.7 Å². The Hall–Kier alpha value is -1.69. The zero-order valence-corrected chi connectivity index (χ0v) is 14.5. The normalized spacial score (nSPS) is 16.0. The molecular formula is C16H13Cl2N3OS. The number of rotatable bonds is 3. The lowest BCUT2D eigenvalue weighted by Crippen LogP contribution is -2.25. The zero-order valence-electron chi connectivity index (χ0n) is 12.2. The van der Waals surface area contributed by atoms with Gasteiger partial charge in [-0.05, 0) is 36.4 Å². The quantitative estimate of drug-likeness (QED) is 0.854. The molecule has 1 aliphatic rings. The van der Waals surface area contributed by atoms with E-state index < -0.39 is 0 Å². The first-order chi connectivity index (χ1) is 11.2. The largest absolute Gasteiger partial charge is 0.497 e. The van der Waals surface area contributed by atoms with E-state index in [0.29, 0.717) is 15.8 Å². The molecule has 1 heterocycles. The van der Waals surface area contributed by atoms with Gasteiger partial charge < -0.3 is 4.74 Å². The Labute approximate surface area is 148 Å². The average Bonchev–Trinajstić information content (AvgIpc) is 2.59. The minimum absolute atomic E-state index is 0.523. The Morgan fingerprint density at radius 1 is 1.13 bits per heavy atom. The number of aliphatic imine (C=N–C) groups is 1. The maximum absolute atomic E-state index is 6.05. The van der Waals surface area contributed by atoms with Crippen LogP contribution in [0.4, 0.5) is 5.69 Å². The summed E-state index contributed by atoms with van der Waals surface area (Å²) in [5.41, 5.74) is 5.67. The Morgan fingerprint density at radius 3 is 2.52 bits per heavy atom. The molecule has 1 aliphatic heterocycles. The summed E-state index contributed by atoms with van der Waals surface area (Å²) in [4.78, 5) is 4.51. The molecule has 1 N–H and O–H groups in total. The summed E-state index contributed by atoms with van der Waals surface area (Å²) in [6.07, 6.45) is 0. The molecule has 0 unspecified atom stereocenters. The summed E-state index contributed by atoms with van der Waals surface area (Å²) in [5.74, 6) is 1.51. The van der Waals surface area contributed by atoms with E-state index in [9.17, 15) is 0 Å². The van der Waals surface area contributed by atoms with E-state index in [4.69, 9.17) is 27.9 Å². The summed E-state index contributed by atoms with van der Waals surface area (Å²) in [7, 11) is 1.64. The lowest BCUT2D eigenvalue weighted by Gasteiger charge is -2.15. The standard InChI is InChI=1S/C16H13Cl2N3OS/c1-22-12-5-3-11(4-6-12)19-16-21-20-15(9-23-16)10-2-7-13(17)14(18)8-10/h2-8H,9H2,1H3,(H,19,21). The topological polar surface area (TPSA) is 46.0 Å². The molecule has 0 fully saturated rings. The van der Waals surface area contributed by atoms with Crippen LogP contribution in [-0.2, 0) is 0 Å². The Balaban J connectivity index is 1.74. The highest BCUT2D eigenvalue weighted by Crippen LogP contribution is 2.25. The Bertz CT molecular complexity index is 775. The average molecular weight is 366 g/mol. The highest BCUT2D eigenvalue weighted by Gasteiger charge is 2.14. The van der Waals surface area contributed by atoms with Crippen molar-refractivity contribution in [1.29, 1.82) is 0 Å². The van der Waals surface area contributed by atoms with E-state index in [1.807, 2.05) is 36.4 Å². The van der Waals surface area contributed by atoms with Gasteiger partial charge in [0.25, 0.3) is 0 Å². The number of methoxy groups -OCH3 is 1. The first-order valence-corrected chi connectivity index (χ1v) is 8.53. The second-order valence-corrected chi connectivity index (χ2v) is 6.48. The molecule has 3 rings (SSSR count). The first kappa shape index (κ1) is 16.2. The van der Waals surface area contributed by atoms with Gasteiger partial charge in [-0.2, -0.15) is 5.10 Å². The van der Waals surface area contributed by atoms with Crippen LogP contribution in [0.5, 0.6) is 5.75 Å². The van der Waals surface area contributed by atoms with Crippen LogP contribution in [0.3, 0.4) is 0 Å². The summed E-state index contributed by atoms with van der Waals surface area (Å²) >= 11 is 13.6. The fraction of sp³-hybridized carbons (Fsp3) is 0.125.